The normalized spacial score (nSPS) is 53.7. The Kier molecular flexibility index (Phi) is 8.68. The molecule has 0 unspecified atom stereocenters. The van der Waals surface area contributed by atoms with E-state index in [4.69, 9.17) is 36.1 Å². The summed E-state index contributed by atoms with van der Waals surface area (Å²) in [7, 11) is 1.58. The Morgan fingerprint density at radius 2 is 1.52 bits per heavy atom. The highest BCUT2D eigenvalue weighted by atomic mass is 16.7. The van der Waals surface area contributed by atoms with Gasteiger partial charge in [0.2, 0.25) is 0 Å². The third kappa shape index (κ3) is 5.34. The summed E-state index contributed by atoms with van der Waals surface area (Å²) in [6, 6.07) is -3.44. The minimum atomic E-state index is -1.44. The second-order valence-electron chi connectivity index (χ2n) is 9.33. The van der Waals surface area contributed by atoms with E-state index in [9.17, 15) is 30.6 Å². The van der Waals surface area contributed by atoms with Gasteiger partial charge in [0.15, 0.2) is 12.6 Å². The van der Waals surface area contributed by atoms with Gasteiger partial charge in [0.25, 0.3) is 0 Å². The van der Waals surface area contributed by atoms with Crippen LogP contribution in [0.3, 0.4) is 0 Å². The molecule has 0 aromatic heterocycles. The monoisotopic (exact) mass is 482 g/mol. The van der Waals surface area contributed by atoms with Crippen molar-refractivity contribution in [2.75, 3.05) is 20.3 Å². The van der Waals surface area contributed by atoms with E-state index in [1.165, 1.54) is 6.92 Å². The quantitative estimate of drug-likeness (QED) is 0.169. The van der Waals surface area contributed by atoms with Gasteiger partial charge >= 0.3 is 0 Å². The first-order chi connectivity index (χ1) is 15.4. The molecule has 1 saturated carbocycles. The molecule has 1 aliphatic carbocycles. The van der Waals surface area contributed by atoms with Gasteiger partial charge in [0, 0.05) is 12.1 Å². The molecule has 194 valence electrons. The van der Waals surface area contributed by atoms with E-state index in [2.05, 4.69) is 5.32 Å². The number of aliphatic hydroxyl groups is 6. The van der Waals surface area contributed by atoms with Gasteiger partial charge in [0.1, 0.15) is 48.3 Å². The van der Waals surface area contributed by atoms with Gasteiger partial charge in [-0.3, -0.25) is 0 Å². The SMILES string of the molecule is CN[C@@H]1[C@@H](O)[C@@H](O[C@@H]2[C@@H](O)[C@H](O[C@H]3O[C@H](CO)[C@@H](O)[C@H](O)[C@H]3N)[C@@H](N)C[C@H]2N)OC[C@]1(C)O. The number of hydrogen-bond acceptors (Lipinski definition) is 14. The summed E-state index contributed by atoms with van der Waals surface area (Å²) < 4.78 is 22.6. The van der Waals surface area contributed by atoms with Crippen LogP contribution in [0.5, 0.6) is 0 Å². The van der Waals surface area contributed by atoms with E-state index in [-0.39, 0.29) is 13.0 Å². The summed E-state index contributed by atoms with van der Waals surface area (Å²) in [6.45, 7) is 0.787. The average Bonchev–Trinajstić information content (AvgIpc) is 2.75. The summed E-state index contributed by atoms with van der Waals surface area (Å²) in [5.74, 6) is 0. The van der Waals surface area contributed by atoms with Crippen LogP contribution in [0.25, 0.3) is 0 Å². The Balaban J connectivity index is 1.71. The molecule has 2 saturated heterocycles. The second kappa shape index (κ2) is 10.6. The largest absolute Gasteiger partial charge is 0.394 e. The van der Waals surface area contributed by atoms with Crippen LogP contribution in [0.2, 0.25) is 0 Å². The van der Waals surface area contributed by atoms with Crippen LogP contribution in [0.1, 0.15) is 13.3 Å². The molecular formula is C19H38N4O10. The average molecular weight is 483 g/mol. The van der Waals surface area contributed by atoms with Crippen LogP contribution in [0.15, 0.2) is 0 Å². The molecule has 2 aliphatic heterocycles. The van der Waals surface area contributed by atoms with Crippen molar-refractivity contribution in [3.63, 3.8) is 0 Å². The number of nitrogens with one attached hydrogen (secondary N) is 1. The van der Waals surface area contributed by atoms with E-state index in [0.29, 0.717) is 0 Å². The first kappa shape index (κ1) is 27.0. The Hall–Kier alpha value is -0.560. The number of ether oxygens (including phenoxy) is 4. The van der Waals surface area contributed by atoms with Gasteiger partial charge < -0.3 is 72.1 Å². The molecule has 2 heterocycles. The molecule has 0 amide bonds. The zero-order valence-corrected chi connectivity index (χ0v) is 18.7. The van der Waals surface area contributed by atoms with Crippen molar-refractivity contribution in [3.8, 4) is 0 Å². The molecule has 3 rings (SSSR count). The molecule has 3 aliphatic rings. The van der Waals surface area contributed by atoms with Crippen molar-refractivity contribution < 1.29 is 49.6 Å². The Morgan fingerprint density at radius 1 is 0.939 bits per heavy atom. The zero-order valence-electron chi connectivity index (χ0n) is 18.7. The lowest BCUT2D eigenvalue weighted by Gasteiger charge is -2.49. The zero-order chi connectivity index (χ0) is 24.7. The van der Waals surface area contributed by atoms with E-state index in [0.717, 1.165) is 0 Å². The smallest absolute Gasteiger partial charge is 0.185 e. The molecule has 33 heavy (non-hydrogen) atoms. The van der Waals surface area contributed by atoms with Gasteiger partial charge in [-0.15, -0.1) is 0 Å². The Labute approximate surface area is 191 Å². The van der Waals surface area contributed by atoms with Crippen LogP contribution in [-0.4, -0.2) is 136 Å². The molecule has 13 N–H and O–H groups in total. The van der Waals surface area contributed by atoms with Crippen LogP contribution < -0.4 is 22.5 Å². The maximum Gasteiger partial charge on any atom is 0.185 e. The number of hydrogen-bond donors (Lipinski definition) is 10. The fourth-order valence-corrected chi connectivity index (χ4v) is 4.74. The van der Waals surface area contributed by atoms with Crippen molar-refractivity contribution in [2.24, 2.45) is 17.2 Å². The lowest BCUT2D eigenvalue weighted by atomic mass is 9.84. The highest BCUT2D eigenvalue weighted by Crippen LogP contribution is 2.31. The topological polar surface area (TPSA) is 248 Å². The fourth-order valence-electron chi connectivity index (χ4n) is 4.74. The van der Waals surface area contributed by atoms with E-state index in [1.807, 2.05) is 0 Å². The van der Waals surface area contributed by atoms with Crippen LogP contribution in [0, 0.1) is 0 Å². The first-order valence-corrected chi connectivity index (χ1v) is 11.0. The first-order valence-electron chi connectivity index (χ1n) is 11.0. The number of likely N-dealkylation sites (N-methyl/N-ethyl adjacent to an activating group) is 1. The van der Waals surface area contributed by atoms with Crippen LogP contribution >= 0.6 is 0 Å². The van der Waals surface area contributed by atoms with Gasteiger partial charge in [-0.25, -0.2) is 0 Å². The van der Waals surface area contributed by atoms with Gasteiger partial charge in [-0.2, -0.15) is 0 Å². The summed E-state index contributed by atoms with van der Waals surface area (Å²) >= 11 is 0. The Bertz CT molecular complexity index is 646. The van der Waals surface area contributed by atoms with Crippen molar-refractivity contribution in [1.82, 2.24) is 5.32 Å². The predicted molar refractivity (Wildman–Crippen MR) is 111 cm³/mol. The maximum absolute atomic E-state index is 11.0. The van der Waals surface area contributed by atoms with E-state index < -0.39 is 91.7 Å². The van der Waals surface area contributed by atoms with Crippen molar-refractivity contribution in [1.29, 1.82) is 0 Å². The summed E-state index contributed by atoms with van der Waals surface area (Å²) in [6.07, 6.45) is -11.2. The second-order valence-corrected chi connectivity index (χ2v) is 9.33. The van der Waals surface area contributed by atoms with Crippen LogP contribution in [0.4, 0.5) is 0 Å². The Morgan fingerprint density at radius 3 is 2.06 bits per heavy atom. The molecule has 0 aromatic rings. The molecule has 14 heteroatoms. The maximum atomic E-state index is 11.0. The molecule has 0 aromatic carbocycles. The summed E-state index contributed by atoms with van der Waals surface area (Å²) in [5, 5.41) is 64.4. The number of nitrogens with two attached hydrogens (primary N) is 3. The lowest BCUT2D eigenvalue weighted by molar-refractivity contribution is -0.316. The highest BCUT2D eigenvalue weighted by Gasteiger charge is 2.52. The predicted octanol–water partition coefficient (Wildman–Crippen LogP) is -6.00. The molecule has 0 bridgehead atoms. The van der Waals surface area contributed by atoms with Crippen molar-refractivity contribution in [2.45, 2.75) is 98.4 Å². The van der Waals surface area contributed by atoms with Crippen molar-refractivity contribution in [3.05, 3.63) is 0 Å². The fraction of sp³-hybridized carbons (Fsp3) is 1.00. The van der Waals surface area contributed by atoms with Gasteiger partial charge in [-0.1, -0.05) is 0 Å². The molecule has 3 fully saturated rings. The van der Waals surface area contributed by atoms with Gasteiger partial charge in [-0.05, 0) is 20.4 Å². The summed E-state index contributed by atoms with van der Waals surface area (Å²) in [4.78, 5) is 0. The highest BCUT2D eigenvalue weighted by molar-refractivity contribution is 5.02. The lowest BCUT2D eigenvalue weighted by Crippen LogP contribution is -2.69. The molecular weight excluding hydrogens is 444 g/mol. The third-order valence-electron chi connectivity index (χ3n) is 6.71. The standard InChI is InChI=1S/C19H38N4O10/c1-19(29)5-30-18(13(28)16(19)23-2)33-15-7(21)3-6(20)14(12(15)27)32-17-9(22)11(26)10(25)8(4-24)31-17/h6-18,23-29H,3-5,20-22H2,1-2H3/t6-,7+,8+,9+,10+,11+,12-,13+,14+,15-,16+,17+,18+,19-/m0/s1. The minimum absolute atomic E-state index is 0.134. The van der Waals surface area contributed by atoms with Crippen molar-refractivity contribution >= 4 is 0 Å². The molecule has 0 spiro atoms. The third-order valence-corrected chi connectivity index (χ3v) is 6.71. The number of rotatable bonds is 6. The summed E-state index contributed by atoms with van der Waals surface area (Å²) in [5.41, 5.74) is 16.9. The molecule has 14 nitrogen and oxygen atoms in total. The van der Waals surface area contributed by atoms with E-state index >= 15 is 0 Å². The molecule has 14 atom stereocenters. The minimum Gasteiger partial charge on any atom is -0.394 e. The number of aliphatic hydroxyl groups excluding tert-OH is 5. The van der Waals surface area contributed by atoms with Gasteiger partial charge in [0.05, 0.1) is 25.3 Å². The van der Waals surface area contributed by atoms with Crippen LogP contribution in [-0.2, 0) is 18.9 Å². The van der Waals surface area contributed by atoms with E-state index in [1.54, 1.807) is 7.05 Å². The molecule has 0 radical (unpaired) electrons.